The largest absolute Gasteiger partial charge is 0.300 e. The number of hydrogen-bond acceptors (Lipinski definition) is 1. The Morgan fingerprint density at radius 3 is 2.60 bits per heavy atom. The van der Waals surface area contributed by atoms with Crippen LogP contribution in [0.5, 0.6) is 0 Å². The van der Waals surface area contributed by atoms with Crippen LogP contribution in [-0.4, -0.2) is 5.78 Å². The minimum atomic E-state index is 0.526. The predicted molar refractivity (Wildman–Crippen MR) is 62.7 cm³/mol. The van der Waals surface area contributed by atoms with Gasteiger partial charge in [-0.1, -0.05) is 33.1 Å². The van der Waals surface area contributed by atoms with E-state index in [1.165, 1.54) is 38.5 Å². The predicted octanol–water partition coefficient (Wildman–Crippen LogP) is 3.96. The maximum Gasteiger partial charge on any atom is 0.133 e. The molecule has 0 amide bonds. The lowest BCUT2D eigenvalue weighted by molar-refractivity contribution is -0.126. The summed E-state index contributed by atoms with van der Waals surface area (Å²) in [6, 6.07) is 0. The highest BCUT2D eigenvalue weighted by molar-refractivity contribution is 5.79. The van der Waals surface area contributed by atoms with Crippen LogP contribution in [0, 0.1) is 17.3 Å². The van der Waals surface area contributed by atoms with E-state index in [9.17, 15) is 4.79 Å². The van der Waals surface area contributed by atoms with Crippen molar-refractivity contribution in [1.29, 1.82) is 0 Å². The molecule has 0 heterocycles. The Balaban J connectivity index is 2.16. The summed E-state index contributed by atoms with van der Waals surface area (Å²) < 4.78 is 0. The summed E-state index contributed by atoms with van der Waals surface area (Å²) in [4.78, 5) is 11.6. The van der Waals surface area contributed by atoms with Crippen LogP contribution in [0.15, 0.2) is 0 Å². The van der Waals surface area contributed by atoms with Gasteiger partial charge in [-0.3, -0.25) is 4.79 Å². The van der Waals surface area contributed by atoms with E-state index >= 15 is 0 Å². The molecule has 2 saturated carbocycles. The maximum absolute atomic E-state index is 11.6. The second-order valence-corrected chi connectivity index (χ2v) is 5.80. The third-order valence-corrected chi connectivity index (χ3v) is 5.07. The van der Waals surface area contributed by atoms with Crippen molar-refractivity contribution < 1.29 is 4.79 Å². The van der Waals surface area contributed by atoms with Gasteiger partial charge in [0.1, 0.15) is 5.78 Å². The summed E-state index contributed by atoms with van der Waals surface area (Å²) in [7, 11) is 0. The summed E-state index contributed by atoms with van der Waals surface area (Å²) in [6.07, 6.45) is 9.79. The van der Waals surface area contributed by atoms with Crippen molar-refractivity contribution in [2.24, 2.45) is 17.3 Å². The van der Waals surface area contributed by atoms with E-state index < -0.39 is 0 Å². The second kappa shape index (κ2) is 4.27. The minimum absolute atomic E-state index is 0.526. The average Bonchev–Trinajstić information content (AvgIpc) is 2.70. The van der Waals surface area contributed by atoms with Gasteiger partial charge in [-0.2, -0.15) is 0 Å². The van der Waals surface area contributed by atoms with E-state index in [1.807, 2.05) is 0 Å². The van der Waals surface area contributed by atoms with Crippen molar-refractivity contribution >= 4 is 5.78 Å². The molecule has 15 heavy (non-hydrogen) atoms. The quantitative estimate of drug-likeness (QED) is 0.671. The fourth-order valence-electron chi connectivity index (χ4n) is 3.93. The molecule has 0 aliphatic heterocycles. The monoisotopic (exact) mass is 208 g/mol. The van der Waals surface area contributed by atoms with Crippen molar-refractivity contribution in [1.82, 2.24) is 0 Å². The Morgan fingerprint density at radius 1 is 1.33 bits per heavy atom. The lowest BCUT2D eigenvalue weighted by Crippen LogP contribution is -2.38. The smallest absolute Gasteiger partial charge is 0.133 e. The number of carbonyl (C=O) groups excluding carboxylic acids is 1. The van der Waals surface area contributed by atoms with E-state index in [2.05, 4.69) is 13.8 Å². The SMILES string of the molecule is CCC(C)C1CC(=O)CCC12CCCC2. The molecule has 0 aromatic carbocycles. The number of Topliss-reactive ketones (excluding diaryl/α,β-unsaturated/α-hetero) is 1. The van der Waals surface area contributed by atoms with E-state index in [1.54, 1.807) is 0 Å². The molecule has 2 rings (SSSR count). The summed E-state index contributed by atoms with van der Waals surface area (Å²) in [5.74, 6) is 1.97. The van der Waals surface area contributed by atoms with Crippen molar-refractivity contribution in [2.45, 2.75) is 65.2 Å². The van der Waals surface area contributed by atoms with E-state index in [4.69, 9.17) is 0 Å². The molecule has 2 aliphatic carbocycles. The fraction of sp³-hybridized carbons (Fsp3) is 0.929. The summed E-state index contributed by atoms with van der Waals surface area (Å²) >= 11 is 0. The van der Waals surface area contributed by atoms with Gasteiger partial charge in [-0.05, 0) is 36.5 Å². The Hall–Kier alpha value is -0.330. The van der Waals surface area contributed by atoms with Gasteiger partial charge >= 0.3 is 0 Å². The van der Waals surface area contributed by atoms with Gasteiger partial charge in [0, 0.05) is 12.8 Å². The van der Waals surface area contributed by atoms with Crippen LogP contribution >= 0.6 is 0 Å². The molecule has 2 fully saturated rings. The Kier molecular flexibility index (Phi) is 3.18. The van der Waals surface area contributed by atoms with Crippen LogP contribution in [0.25, 0.3) is 0 Å². The first kappa shape index (κ1) is 11.2. The molecule has 1 spiro atoms. The molecule has 0 aromatic rings. The van der Waals surface area contributed by atoms with Gasteiger partial charge in [0.15, 0.2) is 0 Å². The first-order valence-electron chi connectivity index (χ1n) is 6.69. The van der Waals surface area contributed by atoms with E-state index in [0.29, 0.717) is 17.1 Å². The Bertz CT molecular complexity index is 238. The number of hydrogen-bond donors (Lipinski definition) is 0. The fourth-order valence-corrected chi connectivity index (χ4v) is 3.93. The summed E-state index contributed by atoms with van der Waals surface area (Å²) in [5, 5.41) is 0. The lowest BCUT2D eigenvalue weighted by Gasteiger charge is -2.44. The van der Waals surface area contributed by atoms with Gasteiger partial charge in [-0.15, -0.1) is 0 Å². The number of rotatable bonds is 2. The van der Waals surface area contributed by atoms with Crippen LogP contribution in [0.4, 0.5) is 0 Å². The van der Waals surface area contributed by atoms with Crippen LogP contribution in [0.2, 0.25) is 0 Å². The third kappa shape index (κ3) is 1.98. The van der Waals surface area contributed by atoms with Crippen LogP contribution in [-0.2, 0) is 4.79 Å². The molecular weight excluding hydrogens is 184 g/mol. The van der Waals surface area contributed by atoms with Gasteiger partial charge in [0.25, 0.3) is 0 Å². The van der Waals surface area contributed by atoms with Crippen molar-refractivity contribution in [3.8, 4) is 0 Å². The van der Waals surface area contributed by atoms with Crippen LogP contribution < -0.4 is 0 Å². The summed E-state index contributed by atoms with van der Waals surface area (Å²) in [6.45, 7) is 4.62. The second-order valence-electron chi connectivity index (χ2n) is 5.80. The van der Waals surface area contributed by atoms with Gasteiger partial charge in [0.2, 0.25) is 0 Å². The third-order valence-electron chi connectivity index (χ3n) is 5.07. The molecule has 86 valence electrons. The maximum atomic E-state index is 11.6. The van der Waals surface area contributed by atoms with Crippen molar-refractivity contribution in [2.75, 3.05) is 0 Å². The standard InChI is InChI=1S/C14H24O/c1-3-11(2)13-10-12(15)6-9-14(13)7-4-5-8-14/h11,13H,3-10H2,1-2H3. The molecule has 1 heteroatoms. The average molecular weight is 208 g/mol. The zero-order valence-electron chi connectivity index (χ0n) is 10.2. The molecule has 0 bridgehead atoms. The topological polar surface area (TPSA) is 17.1 Å². The number of carbonyl (C=O) groups is 1. The highest BCUT2D eigenvalue weighted by Gasteiger charge is 2.46. The van der Waals surface area contributed by atoms with Gasteiger partial charge in [0.05, 0.1) is 0 Å². The van der Waals surface area contributed by atoms with Gasteiger partial charge < -0.3 is 0 Å². The first-order chi connectivity index (χ1) is 7.18. The summed E-state index contributed by atoms with van der Waals surface area (Å²) in [5.41, 5.74) is 0.573. The zero-order chi connectivity index (χ0) is 10.9. The van der Waals surface area contributed by atoms with Crippen molar-refractivity contribution in [3.63, 3.8) is 0 Å². The van der Waals surface area contributed by atoms with E-state index in [-0.39, 0.29) is 0 Å². The Morgan fingerprint density at radius 2 is 2.00 bits per heavy atom. The lowest BCUT2D eigenvalue weighted by atomic mass is 9.60. The van der Waals surface area contributed by atoms with Crippen LogP contribution in [0.1, 0.15) is 65.2 Å². The minimum Gasteiger partial charge on any atom is -0.300 e. The van der Waals surface area contributed by atoms with Crippen LogP contribution in [0.3, 0.4) is 0 Å². The highest BCUT2D eigenvalue weighted by atomic mass is 16.1. The molecule has 0 aromatic heterocycles. The molecule has 0 N–H and O–H groups in total. The van der Waals surface area contributed by atoms with Gasteiger partial charge in [-0.25, -0.2) is 0 Å². The normalized spacial score (nSPS) is 32.1. The zero-order valence-corrected chi connectivity index (χ0v) is 10.2. The Labute approximate surface area is 93.6 Å². The molecule has 1 nitrogen and oxygen atoms in total. The highest BCUT2D eigenvalue weighted by Crippen LogP contribution is 2.54. The molecular formula is C14H24O. The number of ketones is 1. The molecule has 2 aliphatic rings. The molecule has 0 radical (unpaired) electrons. The molecule has 2 atom stereocenters. The van der Waals surface area contributed by atoms with E-state index in [0.717, 1.165) is 18.8 Å². The molecule has 0 saturated heterocycles. The molecule has 2 unspecified atom stereocenters. The van der Waals surface area contributed by atoms with Crippen molar-refractivity contribution in [3.05, 3.63) is 0 Å². The first-order valence-corrected chi connectivity index (χ1v) is 6.69.